The molecule has 0 fully saturated rings. The molecule has 1 atom stereocenters. The van der Waals surface area contributed by atoms with Gasteiger partial charge in [-0.05, 0) is 38.1 Å². The minimum absolute atomic E-state index is 0.0151. The van der Waals surface area contributed by atoms with Gasteiger partial charge in [0.05, 0.1) is 29.3 Å². The van der Waals surface area contributed by atoms with Gasteiger partial charge < -0.3 is 9.72 Å². The standard InChI is InChI=1S/C23H22ClN3O3S/c1-13-20(16-6-4-5-7-18(16)25-13)21(28)14(2)31-23-26-19-12-15(24)8-9-17(19)22(29)27(23)10-11-30-3/h4-9,12,14,25H,10-11H2,1-3H3. The minimum Gasteiger partial charge on any atom is -0.383 e. The molecule has 1 N–H and O–H groups in total. The molecule has 0 bridgehead atoms. The van der Waals surface area contributed by atoms with Crippen LogP contribution in [-0.2, 0) is 11.3 Å². The maximum atomic E-state index is 13.4. The van der Waals surface area contributed by atoms with Gasteiger partial charge in [0.25, 0.3) is 5.56 Å². The third kappa shape index (κ3) is 4.13. The van der Waals surface area contributed by atoms with Crippen LogP contribution in [0.25, 0.3) is 21.8 Å². The number of aromatic amines is 1. The van der Waals surface area contributed by atoms with E-state index in [9.17, 15) is 9.59 Å². The van der Waals surface area contributed by atoms with Gasteiger partial charge in [-0.25, -0.2) is 4.98 Å². The molecule has 1 unspecified atom stereocenters. The summed E-state index contributed by atoms with van der Waals surface area (Å²) in [5, 5.41) is 1.90. The van der Waals surface area contributed by atoms with Crippen molar-refractivity contribution in [3.8, 4) is 0 Å². The third-order valence-electron chi connectivity index (χ3n) is 5.19. The van der Waals surface area contributed by atoms with Crippen molar-refractivity contribution in [3.63, 3.8) is 0 Å². The highest BCUT2D eigenvalue weighted by Gasteiger charge is 2.24. The van der Waals surface area contributed by atoms with Gasteiger partial charge in [0.1, 0.15) is 0 Å². The molecule has 0 radical (unpaired) electrons. The van der Waals surface area contributed by atoms with Crippen LogP contribution in [0, 0.1) is 6.92 Å². The molecular weight excluding hydrogens is 434 g/mol. The summed E-state index contributed by atoms with van der Waals surface area (Å²) < 4.78 is 6.74. The number of halogens is 1. The lowest BCUT2D eigenvalue weighted by Gasteiger charge is -2.16. The molecule has 160 valence electrons. The monoisotopic (exact) mass is 455 g/mol. The van der Waals surface area contributed by atoms with E-state index in [0.717, 1.165) is 16.6 Å². The van der Waals surface area contributed by atoms with E-state index in [0.29, 0.717) is 39.8 Å². The zero-order valence-corrected chi connectivity index (χ0v) is 19.0. The van der Waals surface area contributed by atoms with E-state index >= 15 is 0 Å². The van der Waals surface area contributed by atoms with Crippen molar-refractivity contribution in [2.75, 3.05) is 13.7 Å². The minimum atomic E-state index is -0.449. The van der Waals surface area contributed by atoms with Gasteiger partial charge in [0.2, 0.25) is 0 Å². The number of hydrogen-bond donors (Lipinski definition) is 1. The first-order valence-electron chi connectivity index (χ1n) is 9.88. The molecule has 4 rings (SSSR count). The fourth-order valence-corrected chi connectivity index (χ4v) is 4.81. The topological polar surface area (TPSA) is 77.0 Å². The Balaban J connectivity index is 1.75. The molecular formula is C23H22ClN3O3S. The molecule has 2 aromatic carbocycles. The number of fused-ring (bicyclic) bond motifs is 2. The number of aryl methyl sites for hydroxylation is 1. The van der Waals surface area contributed by atoms with Crippen LogP contribution in [0.1, 0.15) is 23.0 Å². The van der Waals surface area contributed by atoms with E-state index in [1.807, 2.05) is 38.1 Å². The fourth-order valence-electron chi connectivity index (χ4n) is 3.65. The fraction of sp³-hybridized carbons (Fsp3) is 0.261. The maximum Gasteiger partial charge on any atom is 0.262 e. The van der Waals surface area contributed by atoms with Crippen LogP contribution in [0.15, 0.2) is 52.4 Å². The first-order valence-corrected chi connectivity index (χ1v) is 11.1. The van der Waals surface area contributed by atoms with Crippen molar-refractivity contribution < 1.29 is 9.53 Å². The molecule has 2 aromatic heterocycles. The van der Waals surface area contributed by atoms with Gasteiger partial charge >= 0.3 is 0 Å². The second-order valence-corrected chi connectivity index (χ2v) is 9.04. The van der Waals surface area contributed by atoms with Crippen molar-refractivity contribution in [1.82, 2.24) is 14.5 Å². The lowest BCUT2D eigenvalue weighted by molar-refractivity contribution is 0.0995. The van der Waals surface area contributed by atoms with E-state index < -0.39 is 5.25 Å². The number of carbonyl (C=O) groups excluding carboxylic acids is 1. The summed E-state index contributed by atoms with van der Waals surface area (Å²) in [4.78, 5) is 34.4. The molecule has 2 heterocycles. The van der Waals surface area contributed by atoms with E-state index in [4.69, 9.17) is 16.3 Å². The van der Waals surface area contributed by atoms with Crippen molar-refractivity contribution in [2.45, 2.75) is 30.8 Å². The number of benzene rings is 2. The first kappa shape index (κ1) is 21.6. The number of nitrogens with zero attached hydrogens (tertiary/aromatic N) is 2. The first-order chi connectivity index (χ1) is 14.9. The van der Waals surface area contributed by atoms with Gasteiger partial charge in [-0.1, -0.05) is 41.6 Å². The summed E-state index contributed by atoms with van der Waals surface area (Å²) in [6, 6.07) is 12.8. The van der Waals surface area contributed by atoms with Gasteiger partial charge in [0, 0.05) is 34.3 Å². The number of aromatic nitrogens is 3. The molecule has 8 heteroatoms. The Morgan fingerprint density at radius 2 is 2.03 bits per heavy atom. The Labute approximate surface area is 188 Å². The second kappa shape index (κ2) is 8.86. The predicted octanol–water partition coefficient (Wildman–Crippen LogP) is 4.85. The normalized spacial score (nSPS) is 12.5. The Morgan fingerprint density at radius 1 is 1.26 bits per heavy atom. The van der Waals surface area contributed by atoms with Crippen LogP contribution in [0.2, 0.25) is 5.02 Å². The van der Waals surface area contributed by atoms with Crippen molar-refractivity contribution in [2.24, 2.45) is 0 Å². The SMILES string of the molecule is COCCn1c(SC(C)C(=O)c2c(C)[nH]c3ccccc23)nc2cc(Cl)ccc2c1=O. The lowest BCUT2D eigenvalue weighted by Crippen LogP contribution is -2.26. The van der Waals surface area contributed by atoms with Crippen LogP contribution < -0.4 is 5.56 Å². The molecule has 0 saturated heterocycles. The molecule has 6 nitrogen and oxygen atoms in total. The molecule has 4 aromatic rings. The highest BCUT2D eigenvalue weighted by molar-refractivity contribution is 8.00. The second-order valence-electron chi connectivity index (χ2n) is 7.30. The number of ether oxygens (including phenoxy) is 1. The summed E-state index contributed by atoms with van der Waals surface area (Å²) in [6.45, 7) is 4.44. The summed E-state index contributed by atoms with van der Waals surface area (Å²) in [5.41, 5.74) is 2.76. The summed E-state index contributed by atoms with van der Waals surface area (Å²) in [7, 11) is 1.58. The van der Waals surface area contributed by atoms with Crippen LogP contribution in [0.4, 0.5) is 0 Å². The third-order valence-corrected chi connectivity index (χ3v) is 6.52. The Bertz CT molecular complexity index is 1350. The average molecular weight is 456 g/mol. The number of nitrogens with one attached hydrogen (secondary N) is 1. The number of carbonyl (C=O) groups is 1. The van der Waals surface area contributed by atoms with Crippen molar-refractivity contribution in [3.05, 3.63) is 69.1 Å². The summed E-state index contributed by atoms with van der Waals surface area (Å²) >= 11 is 7.38. The number of methoxy groups -OCH3 is 1. The zero-order chi connectivity index (χ0) is 22.1. The number of Topliss-reactive ketones (excluding diaryl/α,β-unsaturated/α-hetero) is 1. The Kier molecular flexibility index (Phi) is 6.18. The summed E-state index contributed by atoms with van der Waals surface area (Å²) in [5.74, 6) is -0.0151. The van der Waals surface area contributed by atoms with E-state index in [-0.39, 0.29) is 11.3 Å². The quantitative estimate of drug-likeness (QED) is 0.245. The van der Waals surface area contributed by atoms with Crippen molar-refractivity contribution >= 4 is 51.0 Å². The largest absolute Gasteiger partial charge is 0.383 e. The predicted molar refractivity (Wildman–Crippen MR) is 126 cm³/mol. The number of para-hydroxylation sites is 1. The molecule has 0 spiro atoms. The number of ketones is 1. The molecule has 0 aliphatic heterocycles. The number of hydrogen-bond acceptors (Lipinski definition) is 5. The number of thioether (sulfide) groups is 1. The smallest absolute Gasteiger partial charge is 0.262 e. The van der Waals surface area contributed by atoms with Gasteiger partial charge in [0.15, 0.2) is 10.9 Å². The van der Waals surface area contributed by atoms with Gasteiger partial charge in [-0.15, -0.1) is 0 Å². The lowest BCUT2D eigenvalue weighted by atomic mass is 10.1. The number of H-pyrrole nitrogens is 1. The molecule has 31 heavy (non-hydrogen) atoms. The highest BCUT2D eigenvalue weighted by Crippen LogP contribution is 2.30. The van der Waals surface area contributed by atoms with E-state index in [2.05, 4.69) is 9.97 Å². The van der Waals surface area contributed by atoms with Crippen LogP contribution in [-0.4, -0.2) is 39.3 Å². The number of rotatable bonds is 7. The maximum absolute atomic E-state index is 13.4. The van der Waals surface area contributed by atoms with E-state index in [1.165, 1.54) is 11.8 Å². The van der Waals surface area contributed by atoms with Crippen molar-refractivity contribution in [1.29, 1.82) is 0 Å². The molecule has 0 saturated carbocycles. The molecule has 0 aliphatic carbocycles. The zero-order valence-electron chi connectivity index (χ0n) is 17.4. The van der Waals surface area contributed by atoms with Gasteiger partial charge in [-0.2, -0.15) is 0 Å². The molecule has 0 amide bonds. The average Bonchev–Trinajstić information content (AvgIpc) is 3.08. The van der Waals surface area contributed by atoms with Crippen LogP contribution in [0.3, 0.4) is 0 Å². The van der Waals surface area contributed by atoms with E-state index in [1.54, 1.807) is 29.9 Å². The molecule has 0 aliphatic rings. The summed E-state index contributed by atoms with van der Waals surface area (Å²) in [6.07, 6.45) is 0. The van der Waals surface area contributed by atoms with Crippen LogP contribution in [0.5, 0.6) is 0 Å². The van der Waals surface area contributed by atoms with Crippen LogP contribution >= 0.6 is 23.4 Å². The van der Waals surface area contributed by atoms with Gasteiger partial charge in [-0.3, -0.25) is 14.2 Å². The Hall–Kier alpha value is -2.61. The highest BCUT2D eigenvalue weighted by atomic mass is 35.5. The Morgan fingerprint density at radius 3 is 2.81 bits per heavy atom.